The van der Waals surface area contributed by atoms with Gasteiger partial charge in [0.2, 0.25) is 0 Å². The van der Waals surface area contributed by atoms with E-state index in [0.29, 0.717) is 31.4 Å². The lowest BCUT2D eigenvalue weighted by Crippen LogP contribution is -2.53. The highest BCUT2D eigenvalue weighted by Gasteiger charge is 2.30. The second-order valence-corrected chi connectivity index (χ2v) is 6.59. The SMILES string of the molecule is CCOc1ccc(NC(=S)N2CCN(C(=O)C3CCCO3)CC2)cc1. The first-order valence-corrected chi connectivity index (χ1v) is 9.27. The van der Waals surface area contributed by atoms with Crippen LogP contribution in [-0.4, -0.2) is 66.3 Å². The molecule has 0 aromatic heterocycles. The van der Waals surface area contributed by atoms with Crippen LogP contribution >= 0.6 is 12.2 Å². The van der Waals surface area contributed by atoms with Crippen LogP contribution in [0.5, 0.6) is 5.75 Å². The number of hydrogen-bond acceptors (Lipinski definition) is 4. The van der Waals surface area contributed by atoms with Crippen LogP contribution in [0.4, 0.5) is 5.69 Å². The number of carbonyl (C=O) groups excluding carboxylic acids is 1. The number of ether oxygens (including phenoxy) is 2. The van der Waals surface area contributed by atoms with Crippen LogP contribution in [-0.2, 0) is 9.53 Å². The van der Waals surface area contributed by atoms with Crippen molar-refractivity contribution in [3.05, 3.63) is 24.3 Å². The fourth-order valence-electron chi connectivity index (χ4n) is 3.11. The number of hydrogen-bond donors (Lipinski definition) is 1. The molecule has 1 aromatic carbocycles. The third kappa shape index (κ3) is 4.61. The minimum absolute atomic E-state index is 0.127. The molecule has 0 radical (unpaired) electrons. The fraction of sp³-hybridized carbons (Fsp3) is 0.556. The Morgan fingerprint density at radius 1 is 1.24 bits per heavy atom. The first-order chi connectivity index (χ1) is 12.2. The Hall–Kier alpha value is -1.86. The maximum atomic E-state index is 12.4. The van der Waals surface area contributed by atoms with Gasteiger partial charge in [0.15, 0.2) is 5.11 Å². The summed E-state index contributed by atoms with van der Waals surface area (Å²) in [7, 11) is 0. The third-order valence-corrected chi connectivity index (χ3v) is 4.86. The molecule has 0 aliphatic carbocycles. The van der Waals surface area contributed by atoms with Crippen LogP contribution in [0.15, 0.2) is 24.3 Å². The maximum absolute atomic E-state index is 12.4. The van der Waals surface area contributed by atoms with Gasteiger partial charge >= 0.3 is 0 Å². The Labute approximate surface area is 154 Å². The molecule has 0 bridgehead atoms. The Kier molecular flexibility index (Phi) is 6.09. The summed E-state index contributed by atoms with van der Waals surface area (Å²) < 4.78 is 10.9. The molecule has 2 aliphatic rings. The summed E-state index contributed by atoms with van der Waals surface area (Å²) in [6.45, 7) is 6.16. The number of piperazine rings is 1. The second kappa shape index (κ2) is 8.49. The van der Waals surface area contributed by atoms with Crippen molar-refractivity contribution >= 4 is 28.9 Å². The summed E-state index contributed by atoms with van der Waals surface area (Å²) in [6, 6.07) is 7.75. The van der Waals surface area contributed by atoms with E-state index < -0.39 is 0 Å². The molecule has 1 atom stereocenters. The van der Waals surface area contributed by atoms with Crippen molar-refractivity contribution in [2.24, 2.45) is 0 Å². The average molecular weight is 363 g/mol. The van der Waals surface area contributed by atoms with E-state index in [0.717, 1.165) is 37.4 Å². The Morgan fingerprint density at radius 3 is 2.52 bits per heavy atom. The normalized spacial score (nSPS) is 20.4. The molecule has 25 heavy (non-hydrogen) atoms. The van der Waals surface area contributed by atoms with Gasteiger partial charge in [0, 0.05) is 38.5 Å². The van der Waals surface area contributed by atoms with Gasteiger partial charge in [0.05, 0.1) is 6.61 Å². The van der Waals surface area contributed by atoms with Gasteiger partial charge in [-0.1, -0.05) is 0 Å². The van der Waals surface area contributed by atoms with Crippen LogP contribution < -0.4 is 10.1 Å². The van der Waals surface area contributed by atoms with E-state index >= 15 is 0 Å². The van der Waals surface area contributed by atoms with Gasteiger partial charge in [0.25, 0.3) is 5.91 Å². The monoisotopic (exact) mass is 363 g/mol. The Morgan fingerprint density at radius 2 is 1.92 bits per heavy atom. The number of nitrogens with one attached hydrogen (secondary N) is 1. The maximum Gasteiger partial charge on any atom is 0.251 e. The first kappa shape index (κ1) is 17.9. The van der Waals surface area contributed by atoms with E-state index in [1.807, 2.05) is 36.1 Å². The molecule has 1 amide bonds. The van der Waals surface area contributed by atoms with Crippen molar-refractivity contribution in [2.45, 2.75) is 25.9 Å². The van der Waals surface area contributed by atoms with E-state index in [1.54, 1.807) is 0 Å². The number of benzene rings is 1. The zero-order chi connectivity index (χ0) is 17.6. The summed E-state index contributed by atoms with van der Waals surface area (Å²) >= 11 is 5.51. The summed E-state index contributed by atoms with van der Waals surface area (Å²) in [4.78, 5) is 16.4. The lowest BCUT2D eigenvalue weighted by atomic mass is 10.2. The van der Waals surface area contributed by atoms with Crippen molar-refractivity contribution < 1.29 is 14.3 Å². The lowest BCUT2D eigenvalue weighted by Gasteiger charge is -2.37. The van der Waals surface area contributed by atoms with E-state index in [2.05, 4.69) is 10.2 Å². The number of carbonyl (C=O) groups is 1. The summed E-state index contributed by atoms with van der Waals surface area (Å²) in [6.07, 6.45) is 1.59. The molecule has 0 spiro atoms. The highest BCUT2D eigenvalue weighted by Crippen LogP contribution is 2.18. The van der Waals surface area contributed by atoms with Gasteiger partial charge in [-0.3, -0.25) is 4.79 Å². The topological polar surface area (TPSA) is 54.0 Å². The van der Waals surface area contributed by atoms with Gasteiger partial charge < -0.3 is 24.6 Å². The molecule has 2 fully saturated rings. The predicted octanol–water partition coefficient (Wildman–Crippen LogP) is 2.11. The minimum Gasteiger partial charge on any atom is -0.494 e. The van der Waals surface area contributed by atoms with Gasteiger partial charge in [-0.2, -0.15) is 0 Å². The molecule has 136 valence electrons. The quantitative estimate of drug-likeness (QED) is 0.827. The number of thiocarbonyl (C=S) groups is 1. The van der Waals surface area contributed by atoms with E-state index in [4.69, 9.17) is 21.7 Å². The first-order valence-electron chi connectivity index (χ1n) is 8.86. The molecule has 2 aliphatic heterocycles. The van der Waals surface area contributed by atoms with Gasteiger partial charge in [-0.25, -0.2) is 0 Å². The third-order valence-electron chi connectivity index (χ3n) is 4.50. The molecule has 1 unspecified atom stereocenters. The summed E-state index contributed by atoms with van der Waals surface area (Å²) in [5, 5.41) is 3.94. The van der Waals surface area contributed by atoms with Gasteiger partial charge in [-0.15, -0.1) is 0 Å². The van der Waals surface area contributed by atoms with E-state index in [9.17, 15) is 4.79 Å². The van der Waals surface area contributed by atoms with Crippen molar-refractivity contribution in [1.29, 1.82) is 0 Å². The average Bonchev–Trinajstić information content (AvgIpc) is 3.18. The lowest BCUT2D eigenvalue weighted by molar-refractivity contribution is -0.142. The van der Waals surface area contributed by atoms with E-state index in [1.165, 1.54) is 0 Å². The molecule has 7 heteroatoms. The van der Waals surface area contributed by atoms with Crippen LogP contribution in [0, 0.1) is 0 Å². The molecule has 2 saturated heterocycles. The van der Waals surface area contributed by atoms with Gasteiger partial charge in [-0.05, 0) is 56.2 Å². The standard InChI is InChI=1S/C18H25N3O3S/c1-2-23-15-7-5-14(6-8-15)19-18(25)21-11-9-20(10-12-21)17(22)16-4-3-13-24-16/h5-8,16H,2-4,9-13H2,1H3,(H,19,25). The van der Waals surface area contributed by atoms with Crippen molar-refractivity contribution in [3.63, 3.8) is 0 Å². The van der Waals surface area contributed by atoms with Gasteiger partial charge in [0.1, 0.15) is 11.9 Å². The van der Waals surface area contributed by atoms with Crippen molar-refractivity contribution in [1.82, 2.24) is 9.80 Å². The fourth-order valence-corrected chi connectivity index (χ4v) is 3.41. The summed E-state index contributed by atoms with van der Waals surface area (Å²) in [5.41, 5.74) is 0.936. The van der Waals surface area contributed by atoms with Crippen LogP contribution in [0.3, 0.4) is 0 Å². The molecule has 2 heterocycles. The highest BCUT2D eigenvalue weighted by atomic mass is 32.1. The molecule has 6 nitrogen and oxygen atoms in total. The van der Waals surface area contributed by atoms with Crippen LogP contribution in [0.1, 0.15) is 19.8 Å². The Bertz CT molecular complexity index is 594. The smallest absolute Gasteiger partial charge is 0.251 e. The summed E-state index contributed by atoms with van der Waals surface area (Å²) in [5.74, 6) is 0.975. The zero-order valence-electron chi connectivity index (χ0n) is 14.6. The number of anilines is 1. The van der Waals surface area contributed by atoms with Crippen molar-refractivity contribution in [2.75, 3.05) is 44.7 Å². The molecule has 1 N–H and O–H groups in total. The molecular weight excluding hydrogens is 338 g/mol. The number of amides is 1. The molecule has 1 aromatic rings. The molecule has 3 rings (SSSR count). The van der Waals surface area contributed by atoms with E-state index in [-0.39, 0.29) is 12.0 Å². The van der Waals surface area contributed by atoms with Crippen LogP contribution in [0.2, 0.25) is 0 Å². The minimum atomic E-state index is -0.236. The Balaban J connectivity index is 1.47. The van der Waals surface area contributed by atoms with Crippen molar-refractivity contribution in [3.8, 4) is 5.75 Å². The molecular formula is C18H25N3O3S. The number of rotatable bonds is 4. The second-order valence-electron chi connectivity index (χ2n) is 6.20. The largest absolute Gasteiger partial charge is 0.494 e. The predicted molar refractivity (Wildman–Crippen MR) is 101 cm³/mol. The number of nitrogens with zero attached hydrogens (tertiary/aromatic N) is 2. The molecule has 0 saturated carbocycles. The van der Waals surface area contributed by atoms with Crippen LogP contribution in [0.25, 0.3) is 0 Å². The highest BCUT2D eigenvalue weighted by molar-refractivity contribution is 7.80. The zero-order valence-corrected chi connectivity index (χ0v) is 15.4.